The number of carbonyl (C=O) groups excluding carboxylic acids is 1. The molecule has 24 heavy (non-hydrogen) atoms. The molecule has 1 aromatic rings. The van der Waals surface area contributed by atoms with Crippen LogP contribution in [-0.2, 0) is 14.3 Å². The van der Waals surface area contributed by atoms with Crippen molar-refractivity contribution in [2.75, 3.05) is 46.0 Å². The summed E-state index contributed by atoms with van der Waals surface area (Å²) in [5, 5.41) is 3.34. The fraction of sp³-hybridized carbons (Fsp3) is 0.632. The number of rotatable bonds is 13. The summed E-state index contributed by atoms with van der Waals surface area (Å²) in [5.41, 5.74) is 0.937. The van der Waals surface area contributed by atoms with Crippen LogP contribution in [0.25, 0.3) is 0 Å². The van der Waals surface area contributed by atoms with Gasteiger partial charge in [-0.05, 0) is 25.6 Å². The quantitative estimate of drug-likeness (QED) is 0.443. The van der Waals surface area contributed by atoms with Crippen LogP contribution in [0.1, 0.15) is 38.8 Å². The third-order valence-electron chi connectivity index (χ3n) is 3.92. The van der Waals surface area contributed by atoms with Gasteiger partial charge in [-0.3, -0.25) is 5.32 Å². The molecule has 1 aromatic carbocycles. The zero-order chi connectivity index (χ0) is 17.6. The Hall–Kier alpha value is -1.43. The first-order valence-electron chi connectivity index (χ1n) is 8.97. The van der Waals surface area contributed by atoms with Crippen LogP contribution in [0.2, 0.25) is 0 Å². The number of hydrogen-bond acceptors (Lipinski definition) is 5. The average molecular weight is 336 g/mol. The van der Waals surface area contributed by atoms with E-state index in [1.165, 1.54) is 0 Å². The second kappa shape index (κ2) is 12.9. The van der Waals surface area contributed by atoms with E-state index < -0.39 is 6.04 Å². The number of nitrogens with zero attached hydrogens (tertiary/aromatic N) is 1. The van der Waals surface area contributed by atoms with Crippen molar-refractivity contribution in [1.82, 2.24) is 10.2 Å². The second-order valence-corrected chi connectivity index (χ2v) is 5.54. The highest BCUT2D eigenvalue weighted by atomic mass is 16.5. The van der Waals surface area contributed by atoms with E-state index in [1.807, 2.05) is 37.3 Å². The lowest BCUT2D eigenvalue weighted by Gasteiger charge is -2.22. The van der Waals surface area contributed by atoms with Crippen LogP contribution >= 0.6 is 0 Å². The van der Waals surface area contributed by atoms with Gasteiger partial charge >= 0.3 is 5.97 Å². The van der Waals surface area contributed by atoms with Gasteiger partial charge in [0.2, 0.25) is 0 Å². The maximum absolute atomic E-state index is 12.5. The summed E-state index contributed by atoms with van der Waals surface area (Å²) < 4.78 is 10.7. The Morgan fingerprint density at radius 2 is 1.83 bits per heavy atom. The first kappa shape index (κ1) is 20.6. The zero-order valence-corrected chi connectivity index (χ0v) is 15.3. The van der Waals surface area contributed by atoms with Crippen molar-refractivity contribution in [3.05, 3.63) is 35.9 Å². The number of carbonyl (C=O) groups is 1. The van der Waals surface area contributed by atoms with Crippen molar-refractivity contribution >= 4 is 5.97 Å². The van der Waals surface area contributed by atoms with E-state index in [9.17, 15) is 4.79 Å². The van der Waals surface area contributed by atoms with Crippen LogP contribution in [0.3, 0.4) is 0 Å². The normalized spacial score (nSPS) is 12.3. The molecule has 1 N–H and O–H groups in total. The van der Waals surface area contributed by atoms with Gasteiger partial charge in [-0.25, -0.2) is 4.79 Å². The molecule has 1 rings (SSSR count). The number of hydrogen-bond donors (Lipinski definition) is 1. The predicted molar refractivity (Wildman–Crippen MR) is 97.0 cm³/mol. The van der Waals surface area contributed by atoms with Gasteiger partial charge in [0, 0.05) is 32.7 Å². The standard InChI is InChI=1S/C19H32N2O3/c1-4-21(5-2)14-13-20-18(17-11-8-7-9-12-17)19(22)24-16-10-15-23-6-3/h7-9,11-12,18,20H,4-6,10,13-16H2,1-3H3. The molecule has 0 aromatic heterocycles. The largest absolute Gasteiger partial charge is 0.464 e. The minimum atomic E-state index is -0.422. The van der Waals surface area contributed by atoms with Gasteiger partial charge < -0.3 is 14.4 Å². The molecule has 0 fully saturated rings. The molecule has 0 saturated carbocycles. The molecular weight excluding hydrogens is 304 g/mol. The summed E-state index contributed by atoms with van der Waals surface area (Å²) in [6, 6.07) is 9.32. The lowest BCUT2D eigenvalue weighted by atomic mass is 10.1. The van der Waals surface area contributed by atoms with E-state index in [1.54, 1.807) is 0 Å². The first-order valence-corrected chi connectivity index (χ1v) is 8.97. The third-order valence-corrected chi connectivity index (χ3v) is 3.92. The van der Waals surface area contributed by atoms with E-state index >= 15 is 0 Å². The maximum atomic E-state index is 12.5. The Kier molecular flexibility index (Phi) is 11.1. The fourth-order valence-corrected chi connectivity index (χ4v) is 2.45. The SMILES string of the molecule is CCOCCCOC(=O)C(NCCN(CC)CC)c1ccccc1. The Bertz CT molecular complexity index is 435. The Morgan fingerprint density at radius 1 is 1.12 bits per heavy atom. The van der Waals surface area contributed by atoms with Gasteiger partial charge in [-0.15, -0.1) is 0 Å². The number of ether oxygens (including phenoxy) is 2. The van der Waals surface area contributed by atoms with Gasteiger partial charge in [-0.1, -0.05) is 44.2 Å². The molecule has 0 aliphatic heterocycles. The highest BCUT2D eigenvalue weighted by molar-refractivity contribution is 5.77. The molecule has 5 nitrogen and oxygen atoms in total. The van der Waals surface area contributed by atoms with Gasteiger partial charge in [0.25, 0.3) is 0 Å². The van der Waals surface area contributed by atoms with Crippen molar-refractivity contribution in [3.8, 4) is 0 Å². The van der Waals surface area contributed by atoms with Crippen LogP contribution in [0.4, 0.5) is 0 Å². The van der Waals surface area contributed by atoms with Gasteiger partial charge in [-0.2, -0.15) is 0 Å². The number of nitrogens with one attached hydrogen (secondary N) is 1. The van der Waals surface area contributed by atoms with Crippen LogP contribution in [0.5, 0.6) is 0 Å². The monoisotopic (exact) mass is 336 g/mol. The third kappa shape index (κ3) is 7.90. The molecular formula is C19H32N2O3. The number of benzene rings is 1. The Labute approximate surface area is 146 Å². The molecule has 0 bridgehead atoms. The molecule has 0 aliphatic rings. The minimum absolute atomic E-state index is 0.225. The smallest absolute Gasteiger partial charge is 0.327 e. The summed E-state index contributed by atoms with van der Waals surface area (Å²) in [6.45, 7) is 11.6. The molecule has 0 saturated heterocycles. The summed E-state index contributed by atoms with van der Waals surface area (Å²) in [7, 11) is 0. The molecule has 5 heteroatoms. The molecule has 0 spiro atoms. The van der Waals surface area contributed by atoms with Gasteiger partial charge in [0.15, 0.2) is 0 Å². The molecule has 0 aliphatic carbocycles. The van der Waals surface area contributed by atoms with Crippen LogP contribution in [-0.4, -0.2) is 56.9 Å². The predicted octanol–water partition coefficient (Wildman–Crippen LogP) is 2.63. The number of esters is 1. The van der Waals surface area contributed by atoms with E-state index in [4.69, 9.17) is 9.47 Å². The highest BCUT2D eigenvalue weighted by Gasteiger charge is 2.21. The Morgan fingerprint density at radius 3 is 2.46 bits per heavy atom. The molecule has 1 unspecified atom stereocenters. The average Bonchev–Trinajstić information content (AvgIpc) is 2.62. The van der Waals surface area contributed by atoms with E-state index in [2.05, 4.69) is 24.1 Å². The zero-order valence-electron chi connectivity index (χ0n) is 15.3. The Balaban J connectivity index is 2.53. The van der Waals surface area contributed by atoms with Crippen molar-refractivity contribution < 1.29 is 14.3 Å². The molecule has 136 valence electrons. The summed E-state index contributed by atoms with van der Waals surface area (Å²) >= 11 is 0. The molecule has 0 radical (unpaired) electrons. The van der Waals surface area contributed by atoms with Crippen molar-refractivity contribution in [1.29, 1.82) is 0 Å². The fourth-order valence-electron chi connectivity index (χ4n) is 2.45. The van der Waals surface area contributed by atoms with Crippen LogP contribution in [0, 0.1) is 0 Å². The lowest BCUT2D eigenvalue weighted by molar-refractivity contribution is -0.146. The summed E-state index contributed by atoms with van der Waals surface area (Å²) in [6.07, 6.45) is 0.723. The van der Waals surface area contributed by atoms with E-state index in [-0.39, 0.29) is 5.97 Å². The summed E-state index contributed by atoms with van der Waals surface area (Å²) in [5.74, 6) is -0.225. The van der Waals surface area contributed by atoms with E-state index in [0.29, 0.717) is 19.8 Å². The topological polar surface area (TPSA) is 50.8 Å². The molecule has 0 amide bonds. The first-order chi connectivity index (χ1) is 11.7. The van der Waals surface area contributed by atoms with Crippen molar-refractivity contribution in [2.24, 2.45) is 0 Å². The van der Waals surface area contributed by atoms with Crippen LogP contribution in [0.15, 0.2) is 30.3 Å². The number of likely N-dealkylation sites (N-methyl/N-ethyl adjacent to an activating group) is 1. The minimum Gasteiger partial charge on any atom is -0.464 e. The molecule has 0 heterocycles. The molecule has 1 atom stereocenters. The lowest BCUT2D eigenvalue weighted by Crippen LogP contribution is -2.37. The highest BCUT2D eigenvalue weighted by Crippen LogP contribution is 2.14. The second-order valence-electron chi connectivity index (χ2n) is 5.54. The summed E-state index contributed by atoms with van der Waals surface area (Å²) in [4.78, 5) is 14.8. The maximum Gasteiger partial charge on any atom is 0.327 e. The van der Waals surface area contributed by atoms with E-state index in [0.717, 1.165) is 38.2 Å². The van der Waals surface area contributed by atoms with Crippen molar-refractivity contribution in [2.45, 2.75) is 33.2 Å². The van der Waals surface area contributed by atoms with Gasteiger partial charge in [0.1, 0.15) is 6.04 Å². The van der Waals surface area contributed by atoms with Crippen LogP contribution < -0.4 is 5.32 Å². The van der Waals surface area contributed by atoms with Crippen molar-refractivity contribution in [3.63, 3.8) is 0 Å². The van der Waals surface area contributed by atoms with Gasteiger partial charge in [0.05, 0.1) is 6.61 Å².